The van der Waals surface area contributed by atoms with Crippen molar-refractivity contribution < 1.29 is 9.13 Å². The first-order valence-electron chi connectivity index (χ1n) is 4.10. The Balaban J connectivity index is 2.01. The normalized spacial score (nSPS) is 31.8. The van der Waals surface area contributed by atoms with E-state index in [1.807, 2.05) is 0 Å². The molecule has 1 unspecified atom stereocenters. The molecular weight excluding hydrogens is 131 g/mol. The number of rotatable bonds is 4. The quantitative estimate of drug-likeness (QED) is 0.554. The second kappa shape index (κ2) is 3.33. The van der Waals surface area contributed by atoms with E-state index in [1.54, 1.807) is 0 Å². The number of ether oxygens (including phenoxy) is 1. The summed E-state index contributed by atoms with van der Waals surface area (Å²) in [6.07, 6.45) is 4.44. The molecule has 1 fully saturated rings. The summed E-state index contributed by atoms with van der Waals surface area (Å²) in [5.41, 5.74) is 0. The highest BCUT2D eigenvalue weighted by atomic mass is 19.2. The predicted molar refractivity (Wildman–Crippen MR) is 38.6 cm³/mol. The zero-order valence-corrected chi connectivity index (χ0v) is 6.53. The molecule has 1 nitrogen and oxygen atoms in total. The third-order valence-electron chi connectivity index (χ3n) is 1.99. The first-order chi connectivity index (χ1) is 4.77. The van der Waals surface area contributed by atoms with Gasteiger partial charge in [-0.3, -0.25) is 0 Å². The molecule has 60 valence electrons. The average Bonchev–Trinajstić information content (AvgIpc) is 1.85. The summed E-state index contributed by atoms with van der Waals surface area (Å²) in [7, 11) is 0. The van der Waals surface area contributed by atoms with Gasteiger partial charge in [-0.25, -0.2) is 4.39 Å². The van der Waals surface area contributed by atoms with Crippen molar-refractivity contribution in [1.29, 1.82) is 0 Å². The van der Waals surface area contributed by atoms with Crippen molar-refractivity contribution in [2.24, 2.45) is 0 Å². The number of halogens is 1. The Labute approximate surface area is 61.6 Å². The van der Waals surface area contributed by atoms with Gasteiger partial charge in [0.1, 0.15) is 0 Å². The van der Waals surface area contributed by atoms with Gasteiger partial charge in [0.15, 0.2) is 0 Å². The SMILES string of the molecule is CCCCCC1(F)CCO1. The molecule has 1 aliphatic rings. The Hall–Kier alpha value is -0.110. The lowest BCUT2D eigenvalue weighted by atomic mass is 10.0. The summed E-state index contributed by atoms with van der Waals surface area (Å²) in [6, 6.07) is 0. The lowest BCUT2D eigenvalue weighted by molar-refractivity contribution is -0.236. The Bertz CT molecular complexity index is 99.4. The van der Waals surface area contributed by atoms with Crippen LogP contribution in [-0.4, -0.2) is 12.5 Å². The highest BCUT2D eigenvalue weighted by Gasteiger charge is 2.37. The fraction of sp³-hybridized carbons (Fsp3) is 1.00. The van der Waals surface area contributed by atoms with Crippen LogP contribution in [0.3, 0.4) is 0 Å². The smallest absolute Gasteiger partial charge is 0.211 e. The van der Waals surface area contributed by atoms with E-state index >= 15 is 0 Å². The van der Waals surface area contributed by atoms with Crippen molar-refractivity contribution in [3.05, 3.63) is 0 Å². The minimum Gasteiger partial charge on any atom is -0.345 e. The fourth-order valence-electron chi connectivity index (χ4n) is 1.16. The van der Waals surface area contributed by atoms with Crippen LogP contribution in [0.25, 0.3) is 0 Å². The molecule has 1 atom stereocenters. The Kier molecular flexibility index (Phi) is 2.66. The van der Waals surface area contributed by atoms with Gasteiger partial charge < -0.3 is 4.74 Å². The van der Waals surface area contributed by atoms with E-state index < -0.39 is 5.85 Å². The number of unbranched alkanes of at least 4 members (excludes halogenated alkanes) is 2. The van der Waals surface area contributed by atoms with Crippen molar-refractivity contribution in [3.8, 4) is 0 Å². The van der Waals surface area contributed by atoms with Crippen LogP contribution in [-0.2, 0) is 4.74 Å². The average molecular weight is 146 g/mol. The van der Waals surface area contributed by atoms with Crippen molar-refractivity contribution in [2.75, 3.05) is 6.61 Å². The van der Waals surface area contributed by atoms with Crippen LogP contribution in [0, 0.1) is 0 Å². The molecule has 0 radical (unpaired) electrons. The van der Waals surface area contributed by atoms with E-state index in [0.717, 1.165) is 19.3 Å². The number of hydrogen-bond acceptors (Lipinski definition) is 1. The summed E-state index contributed by atoms with van der Waals surface area (Å²) in [5, 5.41) is 0. The van der Waals surface area contributed by atoms with E-state index in [-0.39, 0.29) is 0 Å². The van der Waals surface area contributed by atoms with Gasteiger partial charge in [0.05, 0.1) is 6.61 Å². The molecule has 10 heavy (non-hydrogen) atoms. The maximum atomic E-state index is 13.0. The Morgan fingerprint density at radius 2 is 2.20 bits per heavy atom. The number of alkyl halides is 1. The minimum absolute atomic E-state index is 0.598. The van der Waals surface area contributed by atoms with Crippen LogP contribution >= 0.6 is 0 Å². The van der Waals surface area contributed by atoms with Gasteiger partial charge >= 0.3 is 0 Å². The molecule has 1 saturated heterocycles. The molecule has 1 aliphatic heterocycles. The molecule has 0 amide bonds. The highest BCUT2D eigenvalue weighted by Crippen LogP contribution is 2.33. The van der Waals surface area contributed by atoms with Gasteiger partial charge in [-0.15, -0.1) is 0 Å². The van der Waals surface area contributed by atoms with Crippen LogP contribution in [0.5, 0.6) is 0 Å². The molecule has 1 rings (SSSR count). The largest absolute Gasteiger partial charge is 0.345 e. The van der Waals surface area contributed by atoms with Crippen LogP contribution in [0.2, 0.25) is 0 Å². The molecule has 0 N–H and O–H groups in total. The molecule has 0 aromatic rings. The van der Waals surface area contributed by atoms with Crippen LogP contribution < -0.4 is 0 Å². The van der Waals surface area contributed by atoms with Gasteiger partial charge in [0.25, 0.3) is 0 Å². The molecule has 0 saturated carbocycles. The van der Waals surface area contributed by atoms with E-state index in [0.29, 0.717) is 19.4 Å². The summed E-state index contributed by atoms with van der Waals surface area (Å²) in [4.78, 5) is 0. The molecule has 0 bridgehead atoms. The van der Waals surface area contributed by atoms with E-state index in [9.17, 15) is 4.39 Å². The highest BCUT2D eigenvalue weighted by molar-refractivity contribution is 4.75. The third-order valence-corrected chi connectivity index (χ3v) is 1.99. The lowest BCUT2D eigenvalue weighted by Crippen LogP contribution is -2.38. The molecule has 0 aliphatic carbocycles. The maximum absolute atomic E-state index is 13.0. The molecule has 0 aromatic heterocycles. The van der Waals surface area contributed by atoms with Crippen molar-refractivity contribution >= 4 is 0 Å². The van der Waals surface area contributed by atoms with Crippen LogP contribution in [0.1, 0.15) is 39.0 Å². The van der Waals surface area contributed by atoms with Crippen molar-refractivity contribution in [2.45, 2.75) is 44.9 Å². The topological polar surface area (TPSA) is 9.23 Å². The second-order valence-electron chi connectivity index (χ2n) is 2.94. The molecule has 1 heterocycles. The summed E-state index contributed by atoms with van der Waals surface area (Å²) >= 11 is 0. The van der Waals surface area contributed by atoms with Gasteiger partial charge in [-0.2, -0.15) is 0 Å². The van der Waals surface area contributed by atoms with Crippen molar-refractivity contribution in [3.63, 3.8) is 0 Å². The van der Waals surface area contributed by atoms with Gasteiger partial charge in [0.2, 0.25) is 5.85 Å². The zero-order chi connectivity index (χ0) is 7.45. The van der Waals surface area contributed by atoms with Crippen LogP contribution in [0.4, 0.5) is 4.39 Å². The van der Waals surface area contributed by atoms with Gasteiger partial charge in [-0.05, 0) is 6.42 Å². The first kappa shape index (κ1) is 7.99. The molecular formula is C8H15FO. The Morgan fingerprint density at radius 3 is 2.60 bits per heavy atom. The zero-order valence-electron chi connectivity index (χ0n) is 6.53. The standard InChI is InChI=1S/C8H15FO/c1-2-3-4-5-8(9)6-7-10-8/h2-7H2,1H3. The summed E-state index contributed by atoms with van der Waals surface area (Å²) < 4.78 is 17.8. The van der Waals surface area contributed by atoms with Crippen molar-refractivity contribution in [1.82, 2.24) is 0 Å². The number of hydrogen-bond donors (Lipinski definition) is 0. The third kappa shape index (κ3) is 1.94. The maximum Gasteiger partial charge on any atom is 0.211 e. The van der Waals surface area contributed by atoms with Crippen LogP contribution in [0.15, 0.2) is 0 Å². The molecule has 2 heteroatoms. The fourth-order valence-corrected chi connectivity index (χ4v) is 1.16. The molecule has 0 spiro atoms. The summed E-state index contributed by atoms with van der Waals surface area (Å²) in [5.74, 6) is -1.23. The van der Waals surface area contributed by atoms with Gasteiger partial charge in [0, 0.05) is 12.8 Å². The monoisotopic (exact) mass is 146 g/mol. The first-order valence-corrected chi connectivity index (χ1v) is 4.10. The predicted octanol–water partition coefficient (Wildman–Crippen LogP) is 2.65. The van der Waals surface area contributed by atoms with E-state index in [4.69, 9.17) is 4.74 Å². The van der Waals surface area contributed by atoms with Gasteiger partial charge in [-0.1, -0.05) is 19.8 Å². The minimum atomic E-state index is -1.23. The summed E-state index contributed by atoms with van der Waals surface area (Å²) in [6.45, 7) is 2.73. The van der Waals surface area contributed by atoms with E-state index in [2.05, 4.69) is 6.92 Å². The van der Waals surface area contributed by atoms with E-state index in [1.165, 1.54) is 0 Å². The molecule has 0 aromatic carbocycles. The Morgan fingerprint density at radius 1 is 1.50 bits per heavy atom. The second-order valence-corrected chi connectivity index (χ2v) is 2.94. The lowest BCUT2D eigenvalue weighted by Gasteiger charge is -2.33.